The third kappa shape index (κ3) is 2.42. The van der Waals surface area contributed by atoms with Crippen LogP contribution in [-0.2, 0) is 20.6 Å². The molecule has 0 aliphatic carbocycles. The zero-order valence-electron chi connectivity index (χ0n) is 11.9. The van der Waals surface area contributed by atoms with Crippen LogP contribution < -0.4 is 0 Å². The van der Waals surface area contributed by atoms with Crippen LogP contribution in [0.5, 0.6) is 0 Å². The van der Waals surface area contributed by atoms with Crippen LogP contribution in [0.3, 0.4) is 0 Å². The van der Waals surface area contributed by atoms with Gasteiger partial charge in [0, 0.05) is 45.5 Å². The second-order valence-corrected chi connectivity index (χ2v) is 5.57. The fourth-order valence-corrected chi connectivity index (χ4v) is 2.97. The summed E-state index contributed by atoms with van der Waals surface area (Å²) < 4.78 is 4.27. The van der Waals surface area contributed by atoms with Crippen LogP contribution in [0.1, 0.15) is 29.6 Å². The summed E-state index contributed by atoms with van der Waals surface area (Å²) in [7, 11) is 4.15. The summed E-state index contributed by atoms with van der Waals surface area (Å²) in [5.41, 5.74) is 2.39. The van der Waals surface area contributed by atoms with Crippen LogP contribution in [0.25, 0.3) is 0 Å². The fourth-order valence-electron chi connectivity index (χ4n) is 2.97. The predicted octanol–water partition coefficient (Wildman–Crippen LogP) is 1.45. The molecule has 1 fully saturated rings. The summed E-state index contributed by atoms with van der Waals surface area (Å²) in [5, 5.41) is 0. The van der Waals surface area contributed by atoms with Gasteiger partial charge in [-0.05, 0) is 19.9 Å². The van der Waals surface area contributed by atoms with Gasteiger partial charge in [0.15, 0.2) is 0 Å². The fraction of sp³-hybridized carbons (Fsp3) is 0.571. The molecule has 0 N–H and O–H groups in total. The first kappa shape index (κ1) is 12.4. The van der Waals surface area contributed by atoms with Gasteiger partial charge in [-0.25, -0.2) is 9.97 Å². The quantitative estimate of drug-likeness (QED) is 0.837. The zero-order valence-corrected chi connectivity index (χ0v) is 11.9. The van der Waals surface area contributed by atoms with Gasteiger partial charge in [0.1, 0.15) is 5.82 Å². The molecular formula is C14H21N5. The topological polar surface area (TPSA) is 38.9 Å². The molecule has 102 valence electrons. The number of imidazole rings is 2. The first-order chi connectivity index (χ1) is 9.13. The number of rotatable bonds is 3. The standard InChI is InChI=1S/C14H21N5/c1-11-7-17(2)14(16-11)12-4-5-19(8-12)9-13-6-15-10-18(13)3/h6-7,10,12H,4-5,8-9H2,1-3H3/t12-/m0/s1. The molecule has 3 heterocycles. The molecule has 0 aromatic carbocycles. The van der Waals surface area contributed by atoms with E-state index in [-0.39, 0.29) is 0 Å². The Balaban J connectivity index is 1.67. The molecule has 5 nitrogen and oxygen atoms in total. The van der Waals surface area contributed by atoms with Crippen molar-refractivity contribution in [1.29, 1.82) is 0 Å². The zero-order chi connectivity index (χ0) is 13.4. The minimum atomic E-state index is 0.562. The molecule has 1 aliphatic heterocycles. The Kier molecular flexibility index (Phi) is 3.14. The van der Waals surface area contributed by atoms with Crippen LogP contribution in [0.15, 0.2) is 18.7 Å². The molecule has 0 spiro atoms. The molecule has 0 bridgehead atoms. The number of likely N-dealkylation sites (tertiary alicyclic amines) is 1. The highest BCUT2D eigenvalue weighted by Crippen LogP contribution is 2.27. The summed E-state index contributed by atoms with van der Waals surface area (Å²) in [6.07, 6.45) is 7.13. The van der Waals surface area contributed by atoms with Crippen molar-refractivity contribution in [2.45, 2.75) is 25.8 Å². The largest absolute Gasteiger partial charge is 0.337 e. The van der Waals surface area contributed by atoms with E-state index in [2.05, 4.69) is 51.2 Å². The van der Waals surface area contributed by atoms with Crippen molar-refractivity contribution in [3.05, 3.63) is 35.9 Å². The van der Waals surface area contributed by atoms with Crippen molar-refractivity contribution in [2.24, 2.45) is 14.1 Å². The van der Waals surface area contributed by atoms with Gasteiger partial charge in [-0.2, -0.15) is 0 Å². The van der Waals surface area contributed by atoms with E-state index < -0.39 is 0 Å². The molecule has 0 unspecified atom stereocenters. The molecule has 0 radical (unpaired) electrons. The van der Waals surface area contributed by atoms with E-state index in [0.29, 0.717) is 5.92 Å². The molecule has 1 saturated heterocycles. The second-order valence-electron chi connectivity index (χ2n) is 5.57. The number of aromatic nitrogens is 4. The number of aryl methyl sites for hydroxylation is 3. The third-order valence-corrected chi connectivity index (χ3v) is 3.97. The summed E-state index contributed by atoms with van der Waals surface area (Å²) in [6.45, 7) is 5.28. The Labute approximate surface area is 113 Å². The van der Waals surface area contributed by atoms with Crippen LogP contribution >= 0.6 is 0 Å². The van der Waals surface area contributed by atoms with Gasteiger partial charge < -0.3 is 9.13 Å². The van der Waals surface area contributed by atoms with Gasteiger partial charge in [0.25, 0.3) is 0 Å². The van der Waals surface area contributed by atoms with Gasteiger partial charge in [-0.3, -0.25) is 4.90 Å². The maximum Gasteiger partial charge on any atom is 0.113 e. The Hall–Kier alpha value is -1.62. The van der Waals surface area contributed by atoms with E-state index in [9.17, 15) is 0 Å². The molecule has 2 aromatic heterocycles. The lowest BCUT2D eigenvalue weighted by atomic mass is 10.1. The normalized spacial score (nSPS) is 20.3. The first-order valence-electron chi connectivity index (χ1n) is 6.81. The molecule has 5 heteroatoms. The number of hydrogen-bond donors (Lipinski definition) is 0. The number of nitrogens with zero attached hydrogens (tertiary/aromatic N) is 5. The average molecular weight is 259 g/mol. The molecule has 1 atom stereocenters. The highest BCUT2D eigenvalue weighted by atomic mass is 15.2. The van der Waals surface area contributed by atoms with Gasteiger partial charge in [-0.1, -0.05) is 0 Å². The molecule has 3 rings (SSSR count). The van der Waals surface area contributed by atoms with Gasteiger partial charge >= 0.3 is 0 Å². The van der Waals surface area contributed by atoms with Crippen molar-refractivity contribution >= 4 is 0 Å². The van der Waals surface area contributed by atoms with Gasteiger partial charge in [0.2, 0.25) is 0 Å². The predicted molar refractivity (Wildman–Crippen MR) is 73.8 cm³/mol. The highest BCUT2D eigenvalue weighted by molar-refractivity contribution is 5.09. The third-order valence-electron chi connectivity index (χ3n) is 3.97. The Morgan fingerprint density at radius 2 is 2.16 bits per heavy atom. The maximum absolute atomic E-state index is 4.66. The van der Waals surface area contributed by atoms with Gasteiger partial charge in [0.05, 0.1) is 17.7 Å². The Morgan fingerprint density at radius 1 is 1.32 bits per heavy atom. The van der Waals surface area contributed by atoms with E-state index in [1.165, 1.54) is 17.9 Å². The lowest BCUT2D eigenvalue weighted by Crippen LogP contribution is -2.21. The molecule has 0 amide bonds. The SMILES string of the molecule is Cc1cn(C)c([C@H]2CCN(Cc3cncn3C)C2)n1. The minimum Gasteiger partial charge on any atom is -0.337 e. The lowest BCUT2D eigenvalue weighted by molar-refractivity contribution is 0.317. The summed E-state index contributed by atoms with van der Waals surface area (Å²) in [5.74, 6) is 1.79. The van der Waals surface area contributed by atoms with E-state index in [4.69, 9.17) is 0 Å². The summed E-state index contributed by atoms with van der Waals surface area (Å²) >= 11 is 0. The molecule has 1 aliphatic rings. The highest BCUT2D eigenvalue weighted by Gasteiger charge is 2.27. The van der Waals surface area contributed by atoms with E-state index in [1.54, 1.807) is 0 Å². The molecule has 2 aromatic rings. The maximum atomic E-state index is 4.66. The lowest BCUT2D eigenvalue weighted by Gasteiger charge is -2.16. The van der Waals surface area contributed by atoms with Crippen LogP contribution in [-0.4, -0.2) is 37.1 Å². The Bertz CT molecular complexity index is 568. The van der Waals surface area contributed by atoms with Crippen LogP contribution in [0, 0.1) is 6.92 Å². The van der Waals surface area contributed by atoms with Crippen molar-refractivity contribution in [3.8, 4) is 0 Å². The average Bonchev–Trinajstić information content (AvgIpc) is 3.03. The Morgan fingerprint density at radius 3 is 2.79 bits per heavy atom. The first-order valence-corrected chi connectivity index (χ1v) is 6.81. The van der Waals surface area contributed by atoms with Crippen molar-refractivity contribution in [3.63, 3.8) is 0 Å². The van der Waals surface area contributed by atoms with E-state index >= 15 is 0 Å². The molecular weight excluding hydrogens is 238 g/mol. The monoisotopic (exact) mass is 259 g/mol. The minimum absolute atomic E-state index is 0.562. The smallest absolute Gasteiger partial charge is 0.113 e. The van der Waals surface area contributed by atoms with E-state index in [1.807, 2.05) is 12.5 Å². The molecule has 19 heavy (non-hydrogen) atoms. The van der Waals surface area contributed by atoms with Crippen molar-refractivity contribution < 1.29 is 0 Å². The number of hydrogen-bond acceptors (Lipinski definition) is 3. The van der Waals surface area contributed by atoms with Crippen molar-refractivity contribution in [1.82, 2.24) is 24.0 Å². The van der Waals surface area contributed by atoms with Crippen LogP contribution in [0.4, 0.5) is 0 Å². The summed E-state index contributed by atoms with van der Waals surface area (Å²) in [6, 6.07) is 0. The van der Waals surface area contributed by atoms with Crippen LogP contribution in [0.2, 0.25) is 0 Å². The molecule has 0 saturated carbocycles. The van der Waals surface area contributed by atoms with E-state index in [0.717, 1.165) is 25.3 Å². The summed E-state index contributed by atoms with van der Waals surface area (Å²) in [4.78, 5) is 11.3. The second kappa shape index (κ2) is 4.81. The van der Waals surface area contributed by atoms with Crippen molar-refractivity contribution in [2.75, 3.05) is 13.1 Å². The van der Waals surface area contributed by atoms with Gasteiger partial charge in [-0.15, -0.1) is 0 Å².